The molecule has 74 valence electrons. The third-order valence-electron chi connectivity index (χ3n) is 1.84. The maximum absolute atomic E-state index is 5.28. The Hall–Kier alpha value is -0.610. The summed E-state index contributed by atoms with van der Waals surface area (Å²) in [5.74, 6) is 0. The largest absolute Gasteiger partial charge is 0.377 e. The topological polar surface area (TPSA) is 34.1 Å². The third-order valence-corrected chi connectivity index (χ3v) is 2.75. The molecule has 0 aliphatic heterocycles. The van der Waals surface area contributed by atoms with E-state index in [0.29, 0.717) is 0 Å². The van der Waals surface area contributed by atoms with Crippen LogP contribution in [0.2, 0.25) is 0 Å². The van der Waals surface area contributed by atoms with E-state index in [1.807, 2.05) is 26.2 Å². The Labute approximate surface area is 83.1 Å². The van der Waals surface area contributed by atoms with Crippen molar-refractivity contribution >= 4 is 16.5 Å². The zero-order valence-electron chi connectivity index (χ0n) is 8.55. The highest BCUT2D eigenvalue weighted by atomic mass is 32.1. The number of thiazole rings is 1. The second kappa shape index (κ2) is 4.07. The van der Waals surface area contributed by atoms with Crippen molar-refractivity contribution in [2.75, 3.05) is 19.0 Å². The fraction of sp³-hybridized carbons (Fsp3) is 0.667. The lowest BCUT2D eigenvalue weighted by molar-refractivity contribution is 0.0344. The second-order valence-electron chi connectivity index (χ2n) is 3.61. The van der Waals surface area contributed by atoms with Gasteiger partial charge < -0.3 is 10.1 Å². The van der Waals surface area contributed by atoms with Gasteiger partial charge in [0.05, 0.1) is 11.3 Å². The van der Waals surface area contributed by atoms with E-state index in [9.17, 15) is 0 Å². The van der Waals surface area contributed by atoms with E-state index in [1.54, 1.807) is 18.4 Å². The summed E-state index contributed by atoms with van der Waals surface area (Å²) in [4.78, 5) is 4.30. The minimum atomic E-state index is -0.139. The Morgan fingerprint density at radius 1 is 1.62 bits per heavy atom. The molecule has 0 radical (unpaired) electrons. The predicted molar refractivity (Wildman–Crippen MR) is 56.4 cm³/mol. The first-order chi connectivity index (χ1) is 6.03. The summed E-state index contributed by atoms with van der Waals surface area (Å²) in [5, 5.41) is 6.23. The van der Waals surface area contributed by atoms with Crippen LogP contribution in [0, 0.1) is 6.92 Å². The van der Waals surface area contributed by atoms with Crippen molar-refractivity contribution in [1.29, 1.82) is 0 Å². The van der Waals surface area contributed by atoms with Gasteiger partial charge in [-0.25, -0.2) is 4.98 Å². The minimum Gasteiger partial charge on any atom is -0.377 e. The zero-order valence-corrected chi connectivity index (χ0v) is 9.36. The van der Waals surface area contributed by atoms with Gasteiger partial charge in [0, 0.05) is 19.0 Å². The first-order valence-electron chi connectivity index (χ1n) is 4.25. The van der Waals surface area contributed by atoms with Crippen molar-refractivity contribution in [3.8, 4) is 0 Å². The molecule has 1 rings (SSSR count). The molecule has 0 saturated heterocycles. The van der Waals surface area contributed by atoms with Crippen molar-refractivity contribution < 1.29 is 4.74 Å². The van der Waals surface area contributed by atoms with Crippen LogP contribution in [0.25, 0.3) is 0 Å². The highest BCUT2D eigenvalue weighted by Gasteiger charge is 2.15. The molecule has 0 bridgehead atoms. The van der Waals surface area contributed by atoms with E-state index in [4.69, 9.17) is 4.74 Å². The Kier molecular flexibility index (Phi) is 3.27. The van der Waals surface area contributed by atoms with Crippen molar-refractivity contribution in [3.63, 3.8) is 0 Å². The Bertz CT molecular complexity index is 270. The van der Waals surface area contributed by atoms with Gasteiger partial charge in [-0.15, -0.1) is 11.3 Å². The van der Waals surface area contributed by atoms with Gasteiger partial charge in [0.25, 0.3) is 0 Å². The number of rotatable bonds is 4. The molecule has 0 amide bonds. The Balaban J connectivity index is 2.43. The van der Waals surface area contributed by atoms with Gasteiger partial charge >= 0.3 is 0 Å². The molecule has 1 N–H and O–H groups in total. The molecule has 1 heterocycles. The van der Waals surface area contributed by atoms with Gasteiger partial charge in [0.1, 0.15) is 0 Å². The predicted octanol–water partition coefficient (Wildman–Crippen LogP) is 2.29. The van der Waals surface area contributed by atoms with E-state index in [2.05, 4.69) is 10.3 Å². The van der Waals surface area contributed by atoms with Crippen LogP contribution in [0.1, 0.15) is 19.5 Å². The van der Waals surface area contributed by atoms with Crippen molar-refractivity contribution in [2.24, 2.45) is 0 Å². The van der Waals surface area contributed by atoms with E-state index in [1.165, 1.54) is 0 Å². The fourth-order valence-corrected chi connectivity index (χ4v) is 1.48. The highest BCUT2D eigenvalue weighted by molar-refractivity contribution is 7.13. The fourth-order valence-electron chi connectivity index (χ4n) is 0.796. The molecular formula is C9H16N2OS. The molecule has 1 aromatic rings. The third kappa shape index (κ3) is 3.32. The lowest BCUT2D eigenvalue weighted by atomic mass is 10.1. The van der Waals surface area contributed by atoms with Gasteiger partial charge in [-0.3, -0.25) is 0 Å². The van der Waals surface area contributed by atoms with Gasteiger partial charge in [-0.2, -0.15) is 0 Å². The molecule has 13 heavy (non-hydrogen) atoms. The Morgan fingerprint density at radius 2 is 2.31 bits per heavy atom. The lowest BCUT2D eigenvalue weighted by Gasteiger charge is -2.22. The number of nitrogens with one attached hydrogen (secondary N) is 1. The van der Waals surface area contributed by atoms with E-state index in [0.717, 1.165) is 17.4 Å². The van der Waals surface area contributed by atoms with Crippen LogP contribution in [0.4, 0.5) is 5.13 Å². The molecule has 4 heteroatoms. The first kappa shape index (κ1) is 10.5. The van der Waals surface area contributed by atoms with E-state index in [-0.39, 0.29) is 5.60 Å². The molecule has 1 aromatic heterocycles. The van der Waals surface area contributed by atoms with Crippen LogP contribution in [-0.4, -0.2) is 24.2 Å². The maximum atomic E-state index is 5.28. The normalized spacial score (nSPS) is 11.7. The second-order valence-corrected chi connectivity index (χ2v) is 4.47. The van der Waals surface area contributed by atoms with Gasteiger partial charge in [0.2, 0.25) is 0 Å². The highest BCUT2D eigenvalue weighted by Crippen LogP contribution is 2.16. The Morgan fingerprint density at radius 3 is 2.77 bits per heavy atom. The summed E-state index contributed by atoms with van der Waals surface area (Å²) in [6, 6.07) is 0. The average Bonchev–Trinajstić information content (AvgIpc) is 2.48. The summed E-state index contributed by atoms with van der Waals surface area (Å²) in [6.45, 7) is 6.85. The lowest BCUT2D eigenvalue weighted by Crippen LogP contribution is -2.31. The van der Waals surface area contributed by atoms with Crippen LogP contribution in [0.5, 0.6) is 0 Å². The summed E-state index contributed by atoms with van der Waals surface area (Å²) in [6.07, 6.45) is 0. The van der Waals surface area contributed by atoms with Gasteiger partial charge in [-0.05, 0) is 20.8 Å². The molecule has 0 aromatic carbocycles. The van der Waals surface area contributed by atoms with Crippen molar-refractivity contribution in [2.45, 2.75) is 26.4 Å². The standard InChI is InChI=1S/C9H16N2OS/c1-7-5-13-8(11-7)10-6-9(2,3)12-4/h5H,6H2,1-4H3,(H,10,11). The maximum Gasteiger partial charge on any atom is 0.182 e. The van der Waals surface area contributed by atoms with Crippen LogP contribution in [0.15, 0.2) is 5.38 Å². The number of hydrogen-bond acceptors (Lipinski definition) is 4. The molecule has 0 aliphatic rings. The zero-order chi connectivity index (χ0) is 9.90. The molecule has 0 atom stereocenters. The monoisotopic (exact) mass is 200 g/mol. The number of hydrogen-bond donors (Lipinski definition) is 1. The number of aromatic nitrogens is 1. The summed E-state index contributed by atoms with van der Waals surface area (Å²) in [7, 11) is 1.72. The number of ether oxygens (including phenoxy) is 1. The number of methoxy groups -OCH3 is 1. The number of anilines is 1. The number of aryl methyl sites for hydroxylation is 1. The van der Waals surface area contributed by atoms with E-state index >= 15 is 0 Å². The SMILES string of the molecule is COC(C)(C)CNc1nc(C)cs1. The van der Waals surface area contributed by atoms with Crippen LogP contribution < -0.4 is 5.32 Å². The van der Waals surface area contributed by atoms with Crippen LogP contribution >= 0.6 is 11.3 Å². The van der Waals surface area contributed by atoms with Gasteiger partial charge in [0.15, 0.2) is 5.13 Å². The summed E-state index contributed by atoms with van der Waals surface area (Å²) >= 11 is 1.62. The quantitative estimate of drug-likeness (QED) is 0.809. The van der Waals surface area contributed by atoms with Crippen molar-refractivity contribution in [1.82, 2.24) is 4.98 Å². The van der Waals surface area contributed by atoms with Crippen LogP contribution in [0.3, 0.4) is 0 Å². The first-order valence-corrected chi connectivity index (χ1v) is 5.12. The average molecular weight is 200 g/mol. The molecule has 0 fully saturated rings. The van der Waals surface area contributed by atoms with E-state index < -0.39 is 0 Å². The smallest absolute Gasteiger partial charge is 0.182 e. The van der Waals surface area contributed by atoms with Crippen molar-refractivity contribution in [3.05, 3.63) is 11.1 Å². The molecule has 3 nitrogen and oxygen atoms in total. The summed E-state index contributed by atoms with van der Waals surface area (Å²) < 4.78 is 5.28. The molecule has 0 saturated carbocycles. The molecule has 0 aliphatic carbocycles. The molecule has 0 spiro atoms. The van der Waals surface area contributed by atoms with Crippen LogP contribution in [-0.2, 0) is 4.74 Å². The number of nitrogens with zero attached hydrogens (tertiary/aromatic N) is 1. The molecule has 0 unspecified atom stereocenters. The van der Waals surface area contributed by atoms with Gasteiger partial charge in [-0.1, -0.05) is 0 Å². The minimum absolute atomic E-state index is 0.139. The molecular weight excluding hydrogens is 184 g/mol. The summed E-state index contributed by atoms with van der Waals surface area (Å²) in [5.41, 5.74) is 0.919.